The molecule has 8 heteroatoms. The fourth-order valence-corrected chi connectivity index (χ4v) is 4.59. The fraction of sp³-hybridized carbons (Fsp3) is 0.263. The third-order valence-electron chi connectivity index (χ3n) is 4.37. The van der Waals surface area contributed by atoms with E-state index in [0.29, 0.717) is 16.4 Å². The normalized spacial score (nSPS) is 13.2. The van der Waals surface area contributed by atoms with Gasteiger partial charge in [0.05, 0.1) is 16.4 Å². The molecule has 27 heavy (non-hydrogen) atoms. The second-order valence-electron chi connectivity index (χ2n) is 6.29. The Balaban J connectivity index is 1.52. The molecule has 6 nitrogen and oxygen atoms in total. The van der Waals surface area contributed by atoms with Crippen LogP contribution in [0.5, 0.6) is 0 Å². The molecule has 0 saturated carbocycles. The molecule has 3 aromatic rings. The zero-order valence-electron chi connectivity index (χ0n) is 15.0. The van der Waals surface area contributed by atoms with Crippen molar-refractivity contribution in [2.24, 2.45) is 0 Å². The van der Waals surface area contributed by atoms with Crippen molar-refractivity contribution in [1.82, 2.24) is 9.97 Å². The molecule has 0 spiro atoms. The van der Waals surface area contributed by atoms with Crippen LogP contribution >= 0.6 is 22.7 Å². The van der Waals surface area contributed by atoms with Gasteiger partial charge in [-0.15, -0.1) is 22.7 Å². The Morgan fingerprint density at radius 1 is 1.30 bits per heavy atom. The topological polar surface area (TPSA) is 84.0 Å². The average molecular weight is 399 g/mol. The minimum Gasteiger partial charge on any atom is -0.326 e. The Kier molecular flexibility index (Phi) is 4.75. The van der Waals surface area contributed by atoms with Crippen LogP contribution in [-0.4, -0.2) is 21.8 Å². The lowest BCUT2D eigenvalue weighted by Gasteiger charge is -2.17. The monoisotopic (exact) mass is 398 g/mol. The smallest absolute Gasteiger partial charge is 0.269 e. The van der Waals surface area contributed by atoms with Crippen molar-refractivity contribution in [3.8, 4) is 11.3 Å². The highest BCUT2D eigenvalue weighted by atomic mass is 32.1. The summed E-state index contributed by atoms with van der Waals surface area (Å²) < 4.78 is 0. The van der Waals surface area contributed by atoms with Crippen molar-refractivity contribution in [2.45, 2.75) is 33.1 Å². The molecular formula is C19H18N4O2S2. The first-order valence-corrected chi connectivity index (χ1v) is 10.4. The van der Waals surface area contributed by atoms with Crippen molar-refractivity contribution in [3.63, 3.8) is 0 Å². The van der Waals surface area contributed by atoms with E-state index in [2.05, 4.69) is 26.7 Å². The van der Waals surface area contributed by atoms with Crippen molar-refractivity contribution < 1.29 is 9.59 Å². The van der Waals surface area contributed by atoms with Gasteiger partial charge >= 0.3 is 0 Å². The summed E-state index contributed by atoms with van der Waals surface area (Å²) >= 11 is 2.82. The summed E-state index contributed by atoms with van der Waals surface area (Å²) in [5.74, 6) is -0.114. The van der Waals surface area contributed by atoms with Crippen LogP contribution in [0, 0.1) is 6.92 Å². The van der Waals surface area contributed by atoms with Gasteiger partial charge in [0, 0.05) is 23.1 Å². The van der Waals surface area contributed by atoms with Crippen LogP contribution in [0.1, 0.15) is 39.3 Å². The third-order valence-corrected chi connectivity index (χ3v) is 6.43. The molecule has 1 aliphatic heterocycles. The number of hydrogen-bond donors (Lipinski definition) is 2. The van der Waals surface area contributed by atoms with E-state index in [1.807, 2.05) is 31.4 Å². The Morgan fingerprint density at radius 3 is 2.93 bits per heavy atom. The molecule has 0 atom stereocenters. The molecular weight excluding hydrogens is 380 g/mol. The predicted molar refractivity (Wildman–Crippen MR) is 109 cm³/mol. The van der Waals surface area contributed by atoms with Crippen molar-refractivity contribution in [2.75, 3.05) is 10.6 Å². The first-order chi connectivity index (χ1) is 13.0. The van der Waals surface area contributed by atoms with Crippen molar-refractivity contribution in [1.29, 1.82) is 0 Å². The maximum Gasteiger partial charge on any atom is 0.269 e. The number of anilines is 2. The molecule has 138 valence electrons. The highest BCUT2D eigenvalue weighted by molar-refractivity contribution is 7.15. The minimum absolute atomic E-state index is 0.0542. The van der Waals surface area contributed by atoms with Crippen LogP contribution in [0.25, 0.3) is 11.3 Å². The van der Waals surface area contributed by atoms with Crippen LogP contribution in [0.15, 0.2) is 23.6 Å². The highest BCUT2D eigenvalue weighted by Gasteiger charge is 2.18. The lowest BCUT2D eigenvalue weighted by molar-refractivity contribution is -0.116. The Hall–Kier alpha value is -2.58. The maximum atomic E-state index is 12.5. The number of amides is 2. The van der Waals surface area contributed by atoms with Gasteiger partial charge in [-0.3, -0.25) is 14.9 Å². The average Bonchev–Trinajstić information content (AvgIpc) is 3.27. The molecule has 0 fully saturated rings. The van der Waals surface area contributed by atoms with Crippen molar-refractivity contribution >= 4 is 45.3 Å². The quantitative estimate of drug-likeness (QED) is 0.687. The number of thiazole rings is 2. The highest BCUT2D eigenvalue weighted by Crippen LogP contribution is 2.31. The van der Waals surface area contributed by atoms with E-state index in [-0.39, 0.29) is 11.8 Å². The molecule has 2 aromatic heterocycles. The van der Waals surface area contributed by atoms with Gasteiger partial charge < -0.3 is 5.32 Å². The van der Waals surface area contributed by atoms with Gasteiger partial charge in [-0.25, -0.2) is 9.97 Å². The van der Waals surface area contributed by atoms with Crippen LogP contribution in [-0.2, 0) is 17.6 Å². The fourth-order valence-electron chi connectivity index (χ4n) is 2.97. The van der Waals surface area contributed by atoms with E-state index in [0.717, 1.165) is 46.1 Å². The van der Waals surface area contributed by atoms with Gasteiger partial charge in [-0.05, 0) is 37.5 Å². The molecule has 0 bridgehead atoms. The predicted octanol–water partition coefficient (Wildman–Crippen LogP) is 4.27. The lowest BCUT2D eigenvalue weighted by atomic mass is 9.99. The summed E-state index contributed by atoms with van der Waals surface area (Å²) in [6.45, 7) is 3.88. The molecule has 0 unspecified atom stereocenters. The summed E-state index contributed by atoms with van der Waals surface area (Å²) in [4.78, 5) is 33.6. The van der Waals surface area contributed by atoms with E-state index < -0.39 is 0 Å². The van der Waals surface area contributed by atoms with E-state index >= 15 is 0 Å². The van der Waals surface area contributed by atoms with Gasteiger partial charge in [0.1, 0.15) is 4.88 Å². The van der Waals surface area contributed by atoms with E-state index in [4.69, 9.17) is 0 Å². The largest absolute Gasteiger partial charge is 0.326 e. The summed E-state index contributed by atoms with van der Waals surface area (Å²) in [5.41, 5.74) is 4.52. The number of hydrogen-bond acceptors (Lipinski definition) is 6. The van der Waals surface area contributed by atoms with Gasteiger partial charge in [-0.1, -0.05) is 13.0 Å². The molecule has 0 radical (unpaired) electrons. The van der Waals surface area contributed by atoms with Gasteiger partial charge in [-0.2, -0.15) is 0 Å². The molecule has 3 heterocycles. The SMILES string of the molecule is CCc1nc(C)c(C(=O)Nc2nc(-c3ccc4c(c3)CCC(=O)N4)cs2)s1. The van der Waals surface area contributed by atoms with E-state index in [9.17, 15) is 9.59 Å². The first kappa shape index (κ1) is 17.8. The second-order valence-corrected chi connectivity index (χ2v) is 8.23. The number of rotatable bonds is 4. The van der Waals surface area contributed by atoms with Gasteiger partial charge in [0.2, 0.25) is 5.91 Å². The van der Waals surface area contributed by atoms with E-state index in [1.54, 1.807) is 0 Å². The standard InChI is InChI=1S/C19H18N4O2S2/c1-3-16-20-10(2)17(27-16)18(25)23-19-22-14(9-26-19)12-4-6-13-11(8-12)5-7-15(24)21-13/h4,6,8-9H,3,5,7H2,1-2H3,(H,21,24)(H,22,23,25). The summed E-state index contributed by atoms with van der Waals surface area (Å²) in [5, 5.41) is 9.20. The Labute approximate surface area is 164 Å². The zero-order chi connectivity index (χ0) is 19.0. The van der Waals surface area contributed by atoms with Gasteiger partial charge in [0.25, 0.3) is 5.91 Å². The number of nitrogens with zero attached hydrogens (tertiary/aromatic N) is 2. The van der Waals surface area contributed by atoms with Crippen LogP contribution in [0.4, 0.5) is 10.8 Å². The first-order valence-electron chi connectivity index (χ1n) is 8.70. The maximum absolute atomic E-state index is 12.5. The molecule has 1 aliphatic rings. The van der Waals surface area contributed by atoms with Crippen molar-refractivity contribution in [3.05, 3.63) is 44.7 Å². The lowest BCUT2D eigenvalue weighted by Crippen LogP contribution is -2.18. The molecule has 1 aromatic carbocycles. The van der Waals surface area contributed by atoms with Crippen LogP contribution in [0.2, 0.25) is 0 Å². The number of fused-ring (bicyclic) bond motifs is 1. The molecule has 0 saturated heterocycles. The number of carbonyl (C=O) groups is 2. The number of nitrogens with one attached hydrogen (secondary N) is 2. The number of aromatic nitrogens is 2. The summed E-state index contributed by atoms with van der Waals surface area (Å²) in [6, 6.07) is 5.90. The Bertz CT molecular complexity index is 1040. The van der Waals surface area contributed by atoms with Crippen LogP contribution < -0.4 is 10.6 Å². The molecule has 0 aliphatic carbocycles. The molecule has 2 N–H and O–H groups in total. The van der Waals surface area contributed by atoms with E-state index in [1.165, 1.54) is 22.7 Å². The number of benzene rings is 1. The summed E-state index contributed by atoms with van der Waals surface area (Å²) in [7, 11) is 0. The second kappa shape index (κ2) is 7.21. The van der Waals surface area contributed by atoms with Crippen LogP contribution in [0.3, 0.4) is 0 Å². The number of carbonyl (C=O) groups excluding carboxylic acids is 2. The Morgan fingerprint density at radius 2 is 2.15 bits per heavy atom. The molecule has 2 amide bonds. The number of aryl methyl sites for hydroxylation is 3. The zero-order valence-corrected chi connectivity index (χ0v) is 16.6. The summed E-state index contributed by atoms with van der Waals surface area (Å²) in [6.07, 6.45) is 2.05. The van der Waals surface area contributed by atoms with Gasteiger partial charge in [0.15, 0.2) is 5.13 Å². The molecule has 4 rings (SSSR count). The third kappa shape index (κ3) is 3.63. The minimum atomic E-state index is -0.168.